The molecule has 8 nitrogen and oxygen atoms in total. The fourth-order valence-electron chi connectivity index (χ4n) is 1.37. The summed E-state index contributed by atoms with van der Waals surface area (Å²) in [6, 6.07) is 0. The lowest BCUT2D eigenvalue weighted by Crippen LogP contribution is -2.19. The molecule has 0 aliphatic rings. The van der Waals surface area contributed by atoms with Gasteiger partial charge in [0.15, 0.2) is 0 Å². The van der Waals surface area contributed by atoms with Crippen molar-refractivity contribution in [2.24, 2.45) is 8.80 Å². The van der Waals surface area contributed by atoms with Crippen molar-refractivity contribution >= 4 is 34.4 Å². The van der Waals surface area contributed by atoms with E-state index in [9.17, 15) is 8.42 Å². The van der Waals surface area contributed by atoms with Crippen LogP contribution < -0.4 is 0 Å². The highest BCUT2D eigenvalue weighted by Gasteiger charge is 2.19. The zero-order valence-corrected chi connectivity index (χ0v) is 19.2. The average Bonchev–Trinajstić information content (AvgIpc) is 3.17. The van der Waals surface area contributed by atoms with Gasteiger partial charge in [0.25, 0.3) is 0 Å². The van der Waals surface area contributed by atoms with Crippen molar-refractivity contribution in [3.63, 3.8) is 0 Å². The molecule has 2 heterocycles. The van der Waals surface area contributed by atoms with E-state index in [4.69, 9.17) is 9.05 Å². The number of hydrogen-bond donors (Lipinski definition) is 0. The van der Waals surface area contributed by atoms with Crippen LogP contribution in [-0.4, -0.2) is 40.7 Å². The van der Waals surface area contributed by atoms with Crippen LogP contribution in [0, 0.1) is 13.8 Å². The highest BCUT2D eigenvalue weighted by molar-refractivity contribution is 7.85. The van der Waals surface area contributed by atoms with E-state index in [0.717, 1.165) is 22.5 Å². The summed E-state index contributed by atoms with van der Waals surface area (Å²) < 4.78 is 39.7. The van der Waals surface area contributed by atoms with Crippen LogP contribution >= 0.6 is 0 Å². The Labute approximate surface area is 171 Å². The molecule has 0 saturated heterocycles. The van der Waals surface area contributed by atoms with Crippen molar-refractivity contribution in [3.8, 4) is 0 Å². The zero-order chi connectivity index (χ0) is 21.5. The van der Waals surface area contributed by atoms with E-state index in [0.29, 0.717) is 0 Å². The first kappa shape index (κ1) is 24.1. The standard InChI is InChI=1S/2C9H14N2O2S/c2*1-7-8(6-13-11-7)5-10-14(12)9(2,3)4/h2*5-6H,1-4H3/t2*14-/m10/s1. The highest BCUT2D eigenvalue weighted by Crippen LogP contribution is 2.13. The Balaban J connectivity index is 0.000000280. The molecule has 0 aliphatic heterocycles. The molecule has 0 amide bonds. The first-order valence-electron chi connectivity index (χ1n) is 8.56. The number of nitrogens with zero attached hydrogens (tertiary/aromatic N) is 4. The van der Waals surface area contributed by atoms with E-state index < -0.39 is 22.0 Å². The van der Waals surface area contributed by atoms with Crippen molar-refractivity contribution in [2.45, 2.75) is 64.9 Å². The first-order chi connectivity index (χ1) is 12.8. The van der Waals surface area contributed by atoms with E-state index in [1.165, 1.54) is 25.0 Å². The van der Waals surface area contributed by atoms with Gasteiger partial charge in [-0.15, -0.1) is 0 Å². The summed E-state index contributed by atoms with van der Waals surface area (Å²) in [4.78, 5) is 0. The van der Waals surface area contributed by atoms with Gasteiger partial charge >= 0.3 is 0 Å². The normalized spacial score (nSPS) is 14.9. The van der Waals surface area contributed by atoms with Gasteiger partial charge in [-0.3, -0.25) is 0 Å². The molecule has 2 rings (SSSR count). The first-order valence-corrected chi connectivity index (χ1v) is 10.8. The van der Waals surface area contributed by atoms with Gasteiger partial charge < -0.3 is 9.05 Å². The van der Waals surface area contributed by atoms with Crippen molar-refractivity contribution < 1.29 is 17.5 Å². The Morgan fingerprint density at radius 1 is 0.786 bits per heavy atom. The van der Waals surface area contributed by atoms with Gasteiger partial charge in [-0.1, -0.05) is 10.3 Å². The second-order valence-corrected chi connectivity index (χ2v) is 11.8. The second-order valence-electron chi connectivity index (χ2n) is 7.90. The molecule has 156 valence electrons. The molecular formula is C18H28N4O4S2. The molecule has 0 N–H and O–H groups in total. The fourth-order valence-corrected chi connectivity index (χ4v) is 2.42. The molecule has 2 atom stereocenters. The molecule has 2 aromatic rings. The molecular weight excluding hydrogens is 400 g/mol. The molecule has 0 aromatic carbocycles. The van der Waals surface area contributed by atoms with E-state index in [1.54, 1.807) is 0 Å². The maximum absolute atomic E-state index is 11.5. The van der Waals surface area contributed by atoms with Gasteiger partial charge in [0, 0.05) is 0 Å². The van der Waals surface area contributed by atoms with Gasteiger partial charge in [0.05, 0.1) is 44.4 Å². The summed E-state index contributed by atoms with van der Waals surface area (Å²) in [5, 5.41) is 7.38. The second kappa shape index (κ2) is 10.0. The van der Waals surface area contributed by atoms with E-state index >= 15 is 0 Å². The summed E-state index contributed by atoms with van der Waals surface area (Å²) in [5.41, 5.74) is 3.03. The van der Waals surface area contributed by atoms with Crippen LogP contribution in [0.2, 0.25) is 0 Å². The summed E-state index contributed by atoms with van der Waals surface area (Å²) in [6.07, 6.45) is 6.04. The van der Waals surface area contributed by atoms with Crippen LogP contribution in [0.25, 0.3) is 0 Å². The van der Waals surface area contributed by atoms with Crippen molar-refractivity contribution in [2.75, 3.05) is 0 Å². The van der Waals surface area contributed by atoms with Crippen LogP contribution in [0.3, 0.4) is 0 Å². The van der Waals surface area contributed by atoms with Crippen LogP contribution in [0.1, 0.15) is 64.1 Å². The Morgan fingerprint density at radius 2 is 1.11 bits per heavy atom. The minimum absolute atomic E-state index is 0.332. The van der Waals surface area contributed by atoms with Gasteiger partial charge in [0.1, 0.15) is 34.5 Å². The average molecular weight is 429 g/mol. The summed E-state index contributed by atoms with van der Waals surface area (Å²) in [5.74, 6) is 0. The maximum Gasteiger partial charge on any atom is 0.144 e. The Kier molecular flexibility index (Phi) is 8.62. The smallest absolute Gasteiger partial charge is 0.144 e. The van der Waals surface area contributed by atoms with Crippen molar-refractivity contribution in [3.05, 3.63) is 35.0 Å². The number of rotatable bonds is 4. The van der Waals surface area contributed by atoms with Gasteiger partial charge in [-0.05, 0) is 55.4 Å². The lowest BCUT2D eigenvalue weighted by atomic mass is 10.3. The number of aromatic nitrogens is 2. The van der Waals surface area contributed by atoms with E-state index in [1.807, 2.05) is 55.4 Å². The van der Waals surface area contributed by atoms with Crippen LogP contribution in [0.5, 0.6) is 0 Å². The zero-order valence-electron chi connectivity index (χ0n) is 17.5. The molecule has 10 heteroatoms. The van der Waals surface area contributed by atoms with Crippen molar-refractivity contribution in [1.82, 2.24) is 10.3 Å². The van der Waals surface area contributed by atoms with E-state index in [2.05, 4.69) is 19.1 Å². The number of hydrogen-bond acceptors (Lipinski definition) is 6. The monoisotopic (exact) mass is 428 g/mol. The highest BCUT2D eigenvalue weighted by atomic mass is 32.2. The van der Waals surface area contributed by atoms with Gasteiger partial charge in [-0.2, -0.15) is 8.80 Å². The molecule has 28 heavy (non-hydrogen) atoms. The Bertz CT molecular complexity index is 799. The topological polar surface area (TPSA) is 111 Å². The summed E-state index contributed by atoms with van der Waals surface area (Å²) in [6.45, 7) is 14.9. The minimum Gasteiger partial charge on any atom is -0.364 e. The van der Waals surface area contributed by atoms with Crippen LogP contribution in [-0.2, 0) is 22.0 Å². The fraction of sp³-hybridized carbons (Fsp3) is 0.556. The number of aryl methyl sites for hydroxylation is 2. The van der Waals surface area contributed by atoms with Crippen LogP contribution in [0.4, 0.5) is 0 Å². The molecule has 0 bridgehead atoms. The molecule has 0 spiro atoms. The lowest BCUT2D eigenvalue weighted by Gasteiger charge is -2.12. The minimum atomic E-state index is -1.23. The third kappa shape index (κ3) is 7.97. The molecule has 0 unspecified atom stereocenters. The lowest BCUT2D eigenvalue weighted by molar-refractivity contribution is 0.415. The molecule has 0 aliphatic carbocycles. The Morgan fingerprint density at radius 3 is 1.32 bits per heavy atom. The predicted molar refractivity (Wildman–Crippen MR) is 113 cm³/mol. The van der Waals surface area contributed by atoms with Crippen LogP contribution in [0.15, 0.2) is 30.4 Å². The molecule has 2 aromatic heterocycles. The summed E-state index contributed by atoms with van der Waals surface area (Å²) >= 11 is 0. The third-order valence-corrected chi connectivity index (χ3v) is 5.89. The maximum atomic E-state index is 11.5. The quantitative estimate of drug-likeness (QED) is 0.686. The molecule has 0 radical (unpaired) electrons. The largest absolute Gasteiger partial charge is 0.364 e. The third-order valence-electron chi connectivity index (χ3n) is 3.20. The molecule has 0 saturated carbocycles. The molecule has 0 fully saturated rings. The SMILES string of the molecule is Cc1nocc1C=N[S@@](=O)C(C)(C)C.Cc1nocc1C=N[S@](=O)C(C)(C)C. The van der Waals surface area contributed by atoms with Gasteiger partial charge in [-0.25, -0.2) is 8.42 Å². The van der Waals surface area contributed by atoms with Crippen molar-refractivity contribution in [1.29, 1.82) is 0 Å². The van der Waals surface area contributed by atoms with Gasteiger partial charge in [0.2, 0.25) is 0 Å². The predicted octanol–water partition coefficient (Wildman–Crippen LogP) is 3.73. The summed E-state index contributed by atoms with van der Waals surface area (Å²) in [7, 11) is -2.46. The van der Waals surface area contributed by atoms with E-state index in [-0.39, 0.29) is 9.49 Å². The Hall–Kier alpha value is -1.94.